The summed E-state index contributed by atoms with van der Waals surface area (Å²) in [5.41, 5.74) is -0.753. The highest BCUT2D eigenvalue weighted by atomic mass is 16.5. The van der Waals surface area contributed by atoms with Gasteiger partial charge in [0.05, 0.1) is 31.5 Å². The number of carboxylic acids is 1. The van der Waals surface area contributed by atoms with Crippen molar-refractivity contribution < 1.29 is 29.0 Å². The third-order valence-corrected chi connectivity index (χ3v) is 12.4. The Morgan fingerprint density at radius 3 is 2.11 bits per heavy atom. The second kappa shape index (κ2) is 9.09. The summed E-state index contributed by atoms with van der Waals surface area (Å²) in [4.78, 5) is 38.8. The van der Waals surface area contributed by atoms with Gasteiger partial charge in [0.1, 0.15) is 0 Å². The van der Waals surface area contributed by atoms with E-state index in [1.807, 2.05) is 13.8 Å². The molecule has 0 aromatic carbocycles. The lowest BCUT2D eigenvalue weighted by Crippen LogP contribution is -2.62. The number of rotatable bonds is 5. The van der Waals surface area contributed by atoms with E-state index in [-0.39, 0.29) is 52.4 Å². The molecule has 3 saturated carbocycles. The Balaban J connectivity index is 1.84. The number of carbonyl (C=O) groups is 3. The van der Waals surface area contributed by atoms with E-state index in [1.54, 1.807) is 0 Å². The molecule has 0 saturated heterocycles. The van der Waals surface area contributed by atoms with Crippen molar-refractivity contribution in [3.05, 3.63) is 11.6 Å². The van der Waals surface area contributed by atoms with Gasteiger partial charge >= 0.3 is 17.9 Å². The molecule has 0 amide bonds. The molecular weight excluding hydrogens is 480 g/mol. The second-order valence-corrected chi connectivity index (χ2v) is 15.2. The van der Waals surface area contributed by atoms with Crippen LogP contribution in [-0.2, 0) is 23.9 Å². The molecule has 3 unspecified atom stereocenters. The summed E-state index contributed by atoms with van der Waals surface area (Å²) in [6, 6.07) is 0. The van der Waals surface area contributed by atoms with Crippen molar-refractivity contribution in [2.24, 2.45) is 50.2 Å². The number of esters is 2. The molecule has 1 N–H and O–H groups in total. The average molecular weight is 531 g/mol. The van der Waals surface area contributed by atoms with Crippen LogP contribution in [0.15, 0.2) is 11.6 Å². The average Bonchev–Trinajstić information content (AvgIpc) is 2.82. The minimum atomic E-state index is -0.744. The van der Waals surface area contributed by atoms with E-state index in [1.165, 1.54) is 19.8 Å². The van der Waals surface area contributed by atoms with Crippen LogP contribution in [0, 0.1) is 50.2 Å². The van der Waals surface area contributed by atoms with Gasteiger partial charge in [-0.3, -0.25) is 14.4 Å². The molecule has 0 heterocycles. The molecule has 6 heteroatoms. The number of allylic oxidation sites excluding steroid dienone is 2. The maximum atomic E-state index is 13.0. The van der Waals surface area contributed by atoms with Crippen molar-refractivity contribution >= 4 is 17.9 Å². The molecule has 3 fully saturated rings. The zero-order valence-electron chi connectivity index (χ0n) is 25.2. The maximum absolute atomic E-state index is 13.0. The lowest BCUT2D eigenvalue weighted by molar-refractivity contribution is -0.183. The van der Waals surface area contributed by atoms with Crippen molar-refractivity contribution in [3.8, 4) is 0 Å². The van der Waals surface area contributed by atoms with Crippen LogP contribution in [0.3, 0.4) is 0 Å². The minimum Gasteiger partial charge on any atom is -0.481 e. The molecule has 0 aromatic rings. The van der Waals surface area contributed by atoms with E-state index in [4.69, 9.17) is 9.47 Å². The van der Waals surface area contributed by atoms with Gasteiger partial charge in [-0.2, -0.15) is 0 Å². The third-order valence-electron chi connectivity index (χ3n) is 12.4. The zero-order chi connectivity index (χ0) is 28.5. The monoisotopic (exact) mass is 530 g/mol. The number of fused-ring (bicyclic) bond motifs is 5. The van der Waals surface area contributed by atoms with Crippen LogP contribution in [0.4, 0.5) is 0 Å². The van der Waals surface area contributed by atoms with Crippen molar-refractivity contribution in [1.82, 2.24) is 0 Å². The fourth-order valence-electron chi connectivity index (χ4n) is 10.5. The maximum Gasteiger partial charge on any atom is 0.311 e. The molecule has 4 aliphatic rings. The van der Waals surface area contributed by atoms with Crippen LogP contribution >= 0.6 is 0 Å². The molecule has 6 nitrogen and oxygen atoms in total. The molecule has 0 bridgehead atoms. The molecule has 214 valence electrons. The number of ether oxygens (including phenoxy) is 2. The number of hydrogen-bond donors (Lipinski definition) is 1. The fraction of sp³-hybridized carbons (Fsp3) is 0.844. The van der Waals surface area contributed by atoms with E-state index in [2.05, 4.69) is 40.7 Å². The number of carboxylic acid groups (broad SMARTS) is 1. The van der Waals surface area contributed by atoms with Gasteiger partial charge in [0.25, 0.3) is 0 Å². The predicted molar refractivity (Wildman–Crippen MR) is 146 cm³/mol. The van der Waals surface area contributed by atoms with Gasteiger partial charge in [-0.05, 0) is 105 Å². The molecule has 38 heavy (non-hydrogen) atoms. The van der Waals surface area contributed by atoms with E-state index in [0.29, 0.717) is 6.42 Å². The summed E-state index contributed by atoms with van der Waals surface area (Å²) < 4.78 is 10.4. The highest BCUT2D eigenvalue weighted by Crippen LogP contribution is 2.74. The summed E-state index contributed by atoms with van der Waals surface area (Å²) in [6.07, 6.45) is 9.26. The first-order chi connectivity index (χ1) is 17.4. The first-order valence-corrected chi connectivity index (χ1v) is 14.5. The molecule has 7 atom stereocenters. The van der Waals surface area contributed by atoms with E-state index in [0.717, 1.165) is 44.9 Å². The van der Waals surface area contributed by atoms with Gasteiger partial charge in [-0.25, -0.2) is 0 Å². The number of carbonyl (C=O) groups excluding carboxylic acids is 2. The molecule has 0 aliphatic heterocycles. The van der Waals surface area contributed by atoms with Crippen LogP contribution in [0.25, 0.3) is 0 Å². The quantitative estimate of drug-likeness (QED) is 0.310. The lowest BCUT2D eigenvalue weighted by Gasteiger charge is -2.68. The standard InChI is InChI=1S/C32H50O6/c1-27(2)16-17-32(25(34)35)15-12-21-29(5)13-10-20(28(3,4)26(36)38-9)31(7,19-24(33)37-8)22(29)11-14-30(21,6)23(32)18-27/h12,20,22-23H,10-11,13-19H2,1-9H3,(H,34,35)/t20?,22?,23?,29-,30+,31-,32+/m0/s1. The summed E-state index contributed by atoms with van der Waals surface area (Å²) in [5, 5.41) is 10.6. The second-order valence-electron chi connectivity index (χ2n) is 15.2. The molecule has 4 aliphatic carbocycles. The summed E-state index contributed by atoms with van der Waals surface area (Å²) in [6.45, 7) is 15.4. The van der Waals surface area contributed by atoms with Gasteiger partial charge < -0.3 is 14.6 Å². The van der Waals surface area contributed by atoms with Crippen LogP contribution in [0.5, 0.6) is 0 Å². The van der Waals surface area contributed by atoms with Crippen molar-refractivity contribution in [2.45, 2.75) is 106 Å². The first kappa shape index (κ1) is 29.1. The normalized spacial score (nSPS) is 42.0. The van der Waals surface area contributed by atoms with Gasteiger partial charge in [0.2, 0.25) is 0 Å². The summed E-state index contributed by atoms with van der Waals surface area (Å²) in [5.74, 6) is -0.904. The Morgan fingerprint density at radius 1 is 0.921 bits per heavy atom. The number of hydrogen-bond acceptors (Lipinski definition) is 5. The third kappa shape index (κ3) is 3.98. The number of methoxy groups -OCH3 is 2. The van der Waals surface area contributed by atoms with Crippen molar-refractivity contribution in [2.75, 3.05) is 14.2 Å². The SMILES string of the molecule is COC(=O)C[C@@]1(C)C(C(C)(C)C(=O)OC)CC[C@@]2(C)C3=CC[C@@]4(C(=O)O)CCC(C)(C)CC4[C@]3(C)CCC12. The minimum absolute atomic E-state index is 0.0418. The smallest absolute Gasteiger partial charge is 0.311 e. The molecular formula is C32H50O6. The Labute approximate surface area is 229 Å². The topological polar surface area (TPSA) is 89.9 Å². The Hall–Kier alpha value is -1.85. The van der Waals surface area contributed by atoms with Gasteiger partial charge in [0.15, 0.2) is 0 Å². The Bertz CT molecular complexity index is 1040. The van der Waals surface area contributed by atoms with E-state index >= 15 is 0 Å². The molecule has 0 aromatic heterocycles. The van der Waals surface area contributed by atoms with Crippen molar-refractivity contribution in [3.63, 3.8) is 0 Å². The van der Waals surface area contributed by atoms with Crippen LogP contribution < -0.4 is 0 Å². The van der Waals surface area contributed by atoms with Crippen LogP contribution in [0.1, 0.15) is 106 Å². The summed E-state index contributed by atoms with van der Waals surface area (Å²) >= 11 is 0. The predicted octanol–water partition coefficient (Wildman–Crippen LogP) is 6.82. The fourth-order valence-corrected chi connectivity index (χ4v) is 10.5. The molecule has 0 spiro atoms. The highest BCUT2D eigenvalue weighted by molar-refractivity contribution is 5.77. The van der Waals surface area contributed by atoms with Crippen molar-refractivity contribution in [1.29, 1.82) is 0 Å². The molecule has 0 radical (unpaired) electrons. The number of aliphatic carboxylic acids is 1. The Kier molecular flexibility index (Phi) is 6.97. The highest BCUT2D eigenvalue weighted by Gasteiger charge is 2.68. The van der Waals surface area contributed by atoms with E-state index in [9.17, 15) is 19.5 Å². The first-order valence-electron chi connectivity index (χ1n) is 14.5. The van der Waals surface area contributed by atoms with Crippen LogP contribution in [0.2, 0.25) is 0 Å². The summed E-state index contributed by atoms with van der Waals surface area (Å²) in [7, 11) is 2.88. The largest absolute Gasteiger partial charge is 0.481 e. The van der Waals surface area contributed by atoms with Gasteiger partial charge in [-0.15, -0.1) is 0 Å². The van der Waals surface area contributed by atoms with E-state index < -0.39 is 22.2 Å². The van der Waals surface area contributed by atoms with Gasteiger partial charge in [-0.1, -0.05) is 46.3 Å². The van der Waals surface area contributed by atoms with Gasteiger partial charge in [0, 0.05) is 0 Å². The molecule has 4 rings (SSSR count). The zero-order valence-corrected chi connectivity index (χ0v) is 25.2. The lowest BCUT2D eigenvalue weighted by atomic mass is 9.35. The van der Waals surface area contributed by atoms with Crippen LogP contribution in [-0.4, -0.2) is 37.2 Å². The Morgan fingerprint density at radius 2 is 1.53 bits per heavy atom.